The van der Waals surface area contributed by atoms with Crippen LogP contribution in [0.1, 0.15) is 12.2 Å². The minimum atomic E-state index is -0.491. The highest BCUT2D eigenvalue weighted by Gasteiger charge is 2.15. The molecular weight excluding hydrogens is 336 g/mol. The van der Waals surface area contributed by atoms with E-state index >= 15 is 0 Å². The van der Waals surface area contributed by atoms with Crippen molar-refractivity contribution in [2.75, 3.05) is 19.5 Å². The molecule has 24 heavy (non-hydrogen) atoms. The number of methoxy groups -OCH3 is 2. The van der Waals surface area contributed by atoms with E-state index in [-0.39, 0.29) is 13.0 Å². The smallest absolute Gasteiger partial charge is 0.233 e. The third-order valence-corrected chi connectivity index (χ3v) is 3.40. The second kappa shape index (κ2) is 8.26. The summed E-state index contributed by atoms with van der Waals surface area (Å²) in [6.07, 6.45) is 1.17. The Labute approximate surface area is 143 Å². The van der Waals surface area contributed by atoms with Gasteiger partial charge in [0.15, 0.2) is 0 Å². The average Bonchev–Trinajstić information content (AvgIpc) is 3.07. The van der Waals surface area contributed by atoms with Crippen LogP contribution in [-0.4, -0.2) is 26.0 Å². The lowest BCUT2D eigenvalue weighted by molar-refractivity contribution is -0.127. The SMILES string of the molecule is COc1cc(NC(=O)CC(=O)NCc2ccco2)c(OC)cc1Cl. The predicted octanol–water partition coefficient (Wildman–Crippen LogP) is 2.60. The van der Waals surface area contributed by atoms with Crippen LogP contribution in [0.25, 0.3) is 0 Å². The van der Waals surface area contributed by atoms with Crippen LogP contribution in [0, 0.1) is 0 Å². The van der Waals surface area contributed by atoms with Gasteiger partial charge in [0.25, 0.3) is 0 Å². The number of carbonyl (C=O) groups excluding carboxylic acids is 2. The van der Waals surface area contributed by atoms with E-state index in [0.29, 0.717) is 28.0 Å². The maximum atomic E-state index is 12.0. The zero-order chi connectivity index (χ0) is 17.5. The Kier molecular flexibility index (Phi) is 6.08. The first-order valence-corrected chi connectivity index (χ1v) is 7.41. The van der Waals surface area contributed by atoms with E-state index in [1.165, 1.54) is 32.6 Å². The monoisotopic (exact) mass is 352 g/mol. The molecule has 0 atom stereocenters. The summed E-state index contributed by atoms with van der Waals surface area (Å²) >= 11 is 6.00. The molecule has 2 aromatic rings. The minimum absolute atomic E-state index is 0.219. The van der Waals surface area contributed by atoms with Crippen LogP contribution >= 0.6 is 11.6 Å². The van der Waals surface area contributed by atoms with Crippen molar-refractivity contribution in [1.82, 2.24) is 5.32 Å². The lowest BCUT2D eigenvalue weighted by Gasteiger charge is -2.13. The number of rotatable bonds is 7. The molecule has 2 N–H and O–H groups in total. The molecule has 0 spiro atoms. The van der Waals surface area contributed by atoms with Gasteiger partial charge in [0, 0.05) is 12.1 Å². The molecule has 0 unspecified atom stereocenters. The Bertz CT molecular complexity index is 716. The Balaban J connectivity index is 1.95. The molecule has 7 nitrogen and oxygen atoms in total. The second-order valence-electron chi connectivity index (χ2n) is 4.77. The van der Waals surface area contributed by atoms with Crippen molar-refractivity contribution in [1.29, 1.82) is 0 Å². The standard InChI is InChI=1S/C16H17ClN2O5/c1-22-13-7-12(14(23-2)6-11(13)17)19-16(21)8-15(20)18-9-10-4-3-5-24-10/h3-7H,8-9H2,1-2H3,(H,18,20)(H,19,21). The summed E-state index contributed by atoms with van der Waals surface area (Å²) in [6.45, 7) is 0.219. The van der Waals surface area contributed by atoms with Gasteiger partial charge in [-0.15, -0.1) is 0 Å². The molecule has 0 aliphatic carbocycles. The number of halogens is 1. The highest BCUT2D eigenvalue weighted by molar-refractivity contribution is 6.32. The number of furan rings is 1. The fraction of sp³-hybridized carbons (Fsp3) is 0.250. The molecule has 0 bridgehead atoms. The summed E-state index contributed by atoms with van der Waals surface area (Å²) in [4.78, 5) is 23.8. The molecule has 128 valence electrons. The van der Waals surface area contributed by atoms with E-state index < -0.39 is 11.8 Å². The maximum Gasteiger partial charge on any atom is 0.233 e. The molecule has 8 heteroatoms. The highest BCUT2D eigenvalue weighted by atomic mass is 35.5. The van der Waals surface area contributed by atoms with E-state index in [4.69, 9.17) is 25.5 Å². The van der Waals surface area contributed by atoms with E-state index in [9.17, 15) is 9.59 Å². The van der Waals surface area contributed by atoms with Crippen LogP contribution in [0.5, 0.6) is 11.5 Å². The molecule has 1 aromatic heterocycles. The highest BCUT2D eigenvalue weighted by Crippen LogP contribution is 2.35. The van der Waals surface area contributed by atoms with Crippen LogP contribution in [0.3, 0.4) is 0 Å². The topological polar surface area (TPSA) is 89.8 Å². The molecule has 0 fully saturated rings. The van der Waals surface area contributed by atoms with Gasteiger partial charge in [0.1, 0.15) is 23.7 Å². The number of hydrogen-bond acceptors (Lipinski definition) is 5. The number of nitrogens with one attached hydrogen (secondary N) is 2. The van der Waals surface area contributed by atoms with Crippen molar-refractivity contribution in [3.63, 3.8) is 0 Å². The third-order valence-electron chi connectivity index (χ3n) is 3.11. The number of hydrogen-bond donors (Lipinski definition) is 2. The van der Waals surface area contributed by atoms with Gasteiger partial charge in [-0.2, -0.15) is 0 Å². The van der Waals surface area contributed by atoms with Crippen molar-refractivity contribution in [3.05, 3.63) is 41.3 Å². The van der Waals surface area contributed by atoms with Crippen LogP contribution in [0.2, 0.25) is 5.02 Å². The number of ether oxygens (including phenoxy) is 2. The van der Waals surface area contributed by atoms with Gasteiger partial charge in [0.2, 0.25) is 11.8 Å². The van der Waals surface area contributed by atoms with Gasteiger partial charge in [-0.05, 0) is 12.1 Å². The largest absolute Gasteiger partial charge is 0.495 e. The lowest BCUT2D eigenvalue weighted by atomic mass is 10.2. The van der Waals surface area contributed by atoms with E-state index in [2.05, 4.69) is 10.6 Å². The van der Waals surface area contributed by atoms with Crippen molar-refractivity contribution >= 4 is 29.1 Å². The number of amides is 2. The number of carbonyl (C=O) groups is 2. The molecular formula is C16H17ClN2O5. The molecule has 0 saturated carbocycles. The first-order valence-electron chi connectivity index (χ1n) is 7.04. The summed E-state index contributed by atoms with van der Waals surface area (Å²) < 4.78 is 15.4. The van der Waals surface area contributed by atoms with Gasteiger partial charge in [-0.3, -0.25) is 9.59 Å². The zero-order valence-electron chi connectivity index (χ0n) is 13.2. The van der Waals surface area contributed by atoms with Gasteiger partial charge in [0.05, 0.1) is 37.7 Å². The van der Waals surface area contributed by atoms with Gasteiger partial charge < -0.3 is 24.5 Å². The van der Waals surface area contributed by atoms with Crippen LogP contribution in [-0.2, 0) is 16.1 Å². The lowest BCUT2D eigenvalue weighted by Crippen LogP contribution is -2.27. The van der Waals surface area contributed by atoms with Gasteiger partial charge in [-0.1, -0.05) is 11.6 Å². The Morgan fingerprint density at radius 1 is 1.17 bits per heavy atom. The van der Waals surface area contributed by atoms with Crippen LogP contribution in [0.4, 0.5) is 5.69 Å². The molecule has 0 radical (unpaired) electrons. The van der Waals surface area contributed by atoms with Crippen molar-refractivity contribution in [3.8, 4) is 11.5 Å². The summed E-state index contributed by atoms with van der Waals surface area (Å²) in [7, 11) is 2.91. The molecule has 1 heterocycles. The third kappa shape index (κ3) is 4.66. The molecule has 2 rings (SSSR count). The zero-order valence-corrected chi connectivity index (χ0v) is 14.0. The second-order valence-corrected chi connectivity index (χ2v) is 5.18. The Hall–Kier alpha value is -2.67. The van der Waals surface area contributed by atoms with Crippen molar-refractivity contribution < 1.29 is 23.5 Å². The quantitative estimate of drug-likeness (QED) is 0.747. The molecule has 0 aliphatic rings. The van der Waals surface area contributed by atoms with Gasteiger partial charge >= 0.3 is 0 Å². The minimum Gasteiger partial charge on any atom is -0.495 e. The fourth-order valence-electron chi connectivity index (χ4n) is 1.96. The molecule has 0 saturated heterocycles. The normalized spacial score (nSPS) is 10.1. The first-order chi connectivity index (χ1) is 11.5. The van der Waals surface area contributed by atoms with E-state index in [0.717, 1.165) is 0 Å². The van der Waals surface area contributed by atoms with Crippen LogP contribution in [0.15, 0.2) is 34.9 Å². The summed E-state index contributed by atoms with van der Waals surface area (Å²) in [5.74, 6) is 0.437. The molecule has 1 aromatic carbocycles. The average molecular weight is 353 g/mol. The Morgan fingerprint density at radius 2 is 1.92 bits per heavy atom. The summed E-state index contributed by atoms with van der Waals surface area (Å²) in [5, 5.41) is 5.54. The Morgan fingerprint density at radius 3 is 2.54 bits per heavy atom. The first kappa shape index (κ1) is 17.7. The maximum absolute atomic E-state index is 12.0. The van der Waals surface area contributed by atoms with E-state index in [1.807, 2.05) is 0 Å². The summed E-state index contributed by atoms with van der Waals surface area (Å²) in [6, 6.07) is 6.49. The summed E-state index contributed by atoms with van der Waals surface area (Å²) in [5.41, 5.74) is 0.364. The predicted molar refractivity (Wildman–Crippen MR) is 88.4 cm³/mol. The molecule has 2 amide bonds. The number of benzene rings is 1. The van der Waals surface area contributed by atoms with Gasteiger partial charge in [-0.25, -0.2) is 0 Å². The van der Waals surface area contributed by atoms with E-state index in [1.54, 1.807) is 12.1 Å². The van der Waals surface area contributed by atoms with Crippen molar-refractivity contribution in [2.24, 2.45) is 0 Å². The van der Waals surface area contributed by atoms with Crippen molar-refractivity contribution in [2.45, 2.75) is 13.0 Å². The molecule has 0 aliphatic heterocycles. The van der Waals surface area contributed by atoms with Crippen LogP contribution < -0.4 is 20.1 Å². The fourth-order valence-corrected chi connectivity index (χ4v) is 2.19. The number of anilines is 1.